The van der Waals surface area contributed by atoms with Crippen LogP contribution >= 0.6 is 11.8 Å². The molecule has 0 aromatic rings. The third-order valence-corrected chi connectivity index (χ3v) is 4.38. The molecule has 0 spiro atoms. The maximum Gasteiger partial charge on any atom is 0.230 e. The van der Waals surface area contributed by atoms with Crippen LogP contribution in [0.4, 0.5) is 0 Å². The lowest BCUT2D eigenvalue weighted by Crippen LogP contribution is -2.31. The van der Waals surface area contributed by atoms with E-state index in [0.717, 1.165) is 24.1 Å². The average Bonchev–Trinajstić information content (AvgIpc) is 2.33. The Morgan fingerprint density at radius 1 is 1.29 bits per heavy atom. The van der Waals surface area contributed by atoms with Gasteiger partial charge >= 0.3 is 0 Å². The summed E-state index contributed by atoms with van der Waals surface area (Å²) in [4.78, 5) is 11.6. The molecule has 0 unspecified atom stereocenters. The van der Waals surface area contributed by atoms with Crippen molar-refractivity contribution in [3.05, 3.63) is 0 Å². The minimum Gasteiger partial charge on any atom is -0.355 e. The van der Waals surface area contributed by atoms with E-state index in [1.807, 2.05) is 0 Å². The van der Waals surface area contributed by atoms with Crippen LogP contribution in [0.2, 0.25) is 0 Å². The lowest BCUT2D eigenvalue weighted by Gasteiger charge is -2.21. The Kier molecular flexibility index (Phi) is 7.74. The molecule has 0 bridgehead atoms. The van der Waals surface area contributed by atoms with Gasteiger partial charge in [-0.2, -0.15) is 11.8 Å². The third kappa shape index (κ3) is 7.69. The summed E-state index contributed by atoms with van der Waals surface area (Å²) in [6.45, 7) is 5.36. The number of rotatable bonds is 7. The molecule has 1 fully saturated rings. The topological polar surface area (TPSA) is 29.1 Å². The Bertz CT molecular complexity index is 212. The maximum atomic E-state index is 11.6. The molecule has 0 radical (unpaired) electrons. The Morgan fingerprint density at radius 3 is 2.65 bits per heavy atom. The minimum atomic E-state index is 0.226. The van der Waals surface area contributed by atoms with E-state index in [4.69, 9.17) is 0 Å². The number of hydrogen-bond donors (Lipinski definition) is 1. The SMILES string of the molecule is CC(C)CCSCC(=O)NCC1CCCCC1. The summed E-state index contributed by atoms with van der Waals surface area (Å²) in [5, 5.41) is 3.08. The van der Waals surface area contributed by atoms with Crippen LogP contribution in [0.5, 0.6) is 0 Å². The molecule has 0 aromatic heterocycles. The Hall–Kier alpha value is -0.180. The van der Waals surface area contributed by atoms with Gasteiger partial charge in [0.25, 0.3) is 0 Å². The molecule has 0 saturated heterocycles. The van der Waals surface area contributed by atoms with Crippen molar-refractivity contribution in [3.63, 3.8) is 0 Å². The number of carbonyl (C=O) groups is 1. The second-order valence-electron chi connectivity index (χ2n) is 5.54. The summed E-state index contributed by atoms with van der Waals surface area (Å²) in [5.41, 5.74) is 0. The standard InChI is InChI=1S/C14H27NOS/c1-12(2)8-9-17-11-14(16)15-10-13-6-4-3-5-7-13/h12-13H,3-11H2,1-2H3,(H,15,16). The quantitative estimate of drug-likeness (QED) is 0.708. The van der Waals surface area contributed by atoms with Gasteiger partial charge in [0, 0.05) is 6.54 Å². The van der Waals surface area contributed by atoms with E-state index in [1.54, 1.807) is 11.8 Å². The Labute approximate surface area is 110 Å². The molecule has 0 aliphatic heterocycles. The molecule has 3 heteroatoms. The zero-order valence-corrected chi connectivity index (χ0v) is 12.2. The molecule has 2 nitrogen and oxygen atoms in total. The van der Waals surface area contributed by atoms with Crippen molar-refractivity contribution in [1.29, 1.82) is 0 Å². The van der Waals surface area contributed by atoms with Gasteiger partial charge in [0.1, 0.15) is 0 Å². The summed E-state index contributed by atoms with van der Waals surface area (Å²) in [7, 11) is 0. The second kappa shape index (κ2) is 8.84. The van der Waals surface area contributed by atoms with Crippen LogP contribution in [0.3, 0.4) is 0 Å². The first kappa shape index (κ1) is 14.9. The van der Waals surface area contributed by atoms with Gasteiger partial charge in [0.2, 0.25) is 5.91 Å². The van der Waals surface area contributed by atoms with Gasteiger partial charge in [-0.1, -0.05) is 33.1 Å². The smallest absolute Gasteiger partial charge is 0.230 e. The van der Waals surface area contributed by atoms with E-state index in [2.05, 4.69) is 19.2 Å². The van der Waals surface area contributed by atoms with E-state index in [-0.39, 0.29) is 5.91 Å². The van der Waals surface area contributed by atoms with Crippen LogP contribution in [-0.4, -0.2) is 24.0 Å². The third-order valence-electron chi connectivity index (χ3n) is 3.39. The lowest BCUT2D eigenvalue weighted by atomic mass is 9.89. The van der Waals surface area contributed by atoms with E-state index >= 15 is 0 Å². The average molecular weight is 257 g/mol. The first-order valence-electron chi connectivity index (χ1n) is 7.03. The summed E-state index contributed by atoms with van der Waals surface area (Å²) in [6, 6.07) is 0. The van der Waals surface area contributed by atoms with E-state index in [0.29, 0.717) is 5.75 Å². The van der Waals surface area contributed by atoms with Crippen molar-refractivity contribution in [1.82, 2.24) is 5.32 Å². The van der Waals surface area contributed by atoms with Crippen LogP contribution in [0.25, 0.3) is 0 Å². The van der Waals surface area contributed by atoms with Gasteiger partial charge in [-0.05, 0) is 36.9 Å². The monoisotopic (exact) mass is 257 g/mol. The van der Waals surface area contributed by atoms with Crippen LogP contribution in [0.1, 0.15) is 52.4 Å². The van der Waals surface area contributed by atoms with E-state index in [1.165, 1.54) is 38.5 Å². The molecule has 1 N–H and O–H groups in total. The summed E-state index contributed by atoms with van der Waals surface area (Å²) >= 11 is 1.76. The first-order chi connectivity index (χ1) is 8.18. The zero-order valence-electron chi connectivity index (χ0n) is 11.3. The zero-order chi connectivity index (χ0) is 12.5. The fraction of sp³-hybridized carbons (Fsp3) is 0.929. The van der Waals surface area contributed by atoms with Crippen molar-refractivity contribution in [3.8, 4) is 0 Å². The molecule has 1 aliphatic carbocycles. The van der Waals surface area contributed by atoms with Gasteiger partial charge in [-0.15, -0.1) is 0 Å². The normalized spacial score (nSPS) is 17.4. The molecule has 0 atom stereocenters. The van der Waals surface area contributed by atoms with Crippen molar-refractivity contribution in [2.75, 3.05) is 18.1 Å². The first-order valence-corrected chi connectivity index (χ1v) is 8.18. The number of nitrogens with one attached hydrogen (secondary N) is 1. The molecular formula is C14H27NOS. The molecule has 1 amide bonds. The maximum absolute atomic E-state index is 11.6. The fourth-order valence-electron chi connectivity index (χ4n) is 2.18. The van der Waals surface area contributed by atoms with Crippen LogP contribution in [0.15, 0.2) is 0 Å². The van der Waals surface area contributed by atoms with E-state index in [9.17, 15) is 4.79 Å². The van der Waals surface area contributed by atoms with Gasteiger partial charge in [0.05, 0.1) is 5.75 Å². The number of hydrogen-bond acceptors (Lipinski definition) is 2. The number of carbonyl (C=O) groups excluding carboxylic acids is 1. The van der Waals surface area contributed by atoms with Crippen molar-refractivity contribution >= 4 is 17.7 Å². The van der Waals surface area contributed by atoms with E-state index < -0.39 is 0 Å². The lowest BCUT2D eigenvalue weighted by molar-refractivity contribution is -0.118. The summed E-state index contributed by atoms with van der Waals surface area (Å²) in [6.07, 6.45) is 7.91. The molecule has 1 rings (SSSR count). The highest BCUT2D eigenvalue weighted by Gasteiger charge is 2.13. The summed E-state index contributed by atoms with van der Waals surface area (Å²) < 4.78 is 0. The minimum absolute atomic E-state index is 0.226. The molecule has 0 heterocycles. The Balaban J connectivity index is 1.96. The molecule has 100 valence electrons. The fourth-order valence-corrected chi connectivity index (χ4v) is 3.25. The molecule has 1 saturated carbocycles. The molecular weight excluding hydrogens is 230 g/mol. The van der Waals surface area contributed by atoms with Crippen LogP contribution in [-0.2, 0) is 4.79 Å². The predicted molar refractivity (Wildman–Crippen MR) is 76.4 cm³/mol. The molecule has 0 aromatic carbocycles. The van der Waals surface area contributed by atoms with Gasteiger partial charge < -0.3 is 5.32 Å². The largest absolute Gasteiger partial charge is 0.355 e. The van der Waals surface area contributed by atoms with Gasteiger partial charge in [-0.25, -0.2) is 0 Å². The molecule has 1 aliphatic rings. The summed E-state index contributed by atoms with van der Waals surface area (Å²) in [5.74, 6) is 3.46. The van der Waals surface area contributed by atoms with Crippen LogP contribution < -0.4 is 5.32 Å². The van der Waals surface area contributed by atoms with Crippen molar-refractivity contribution in [2.45, 2.75) is 52.4 Å². The number of amides is 1. The highest BCUT2D eigenvalue weighted by Crippen LogP contribution is 2.22. The number of thioether (sulfide) groups is 1. The second-order valence-corrected chi connectivity index (χ2v) is 6.65. The van der Waals surface area contributed by atoms with Crippen molar-refractivity contribution < 1.29 is 4.79 Å². The Morgan fingerprint density at radius 2 is 2.00 bits per heavy atom. The molecule has 17 heavy (non-hydrogen) atoms. The van der Waals surface area contributed by atoms with Gasteiger partial charge in [0.15, 0.2) is 0 Å². The van der Waals surface area contributed by atoms with Crippen LogP contribution in [0, 0.1) is 11.8 Å². The highest BCUT2D eigenvalue weighted by atomic mass is 32.2. The van der Waals surface area contributed by atoms with Gasteiger partial charge in [-0.3, -0.25) is 4.79 Å². The predicted octanol–water partition coefficient (Wildman–Crippen LogP) is 3.46. The highest BCUT2D eigenvalue weighted by molar-refractivity contribution is 7.99. The van der Waals surface area contributed by atoms with Crippen molar-refractivity contribution in [2.24, 2.45) is 11.8 Å².